The first-order valence-corrected chi connectivity index (χ1v) is 11.1. The standard InChI is InChI=1S/C25H41NO/c1-18(2)26(19(3)4)15-16-27-23-21-13-14-25(7,24(21,5)6)22(23)17-20-11-9-8-10-12-20/h8-12,18-19,21-23H,13-17H2,1-7H3. The Balaban J connectivity index is 1.73. The largest absolute Gasteiger partial charge is 0.376 e. The maximum absolute atomic E-state index is 6.71. The van der Waals surface area contributed by atoms with Gasteiger partial charge in [0.05, 0.1) is 12.7 Å². The zero-order valence-corrected chi connectivity index (χ0v) is 18.7. The van der Waals surface area contributed by atoms with E-state index in [1.165, 1.54) is 18.4 Å². The van der Waals surface area contributed by atoms with Crippen molar-refractivity contribution in [3.8, 4) is 0 Å². The lowest BCUT2D eigenvalue weighted by molar-refractivity contribution is -0.0446. The minimum Gasteiger partial charge on any atom is -0.376 e. The topological polar surface area (TPSA) is 12.5 Å². The highest BCUT2D eigenvalue weighted by atomic mass is 16.5. The van der Waals surface area contributed by atoms with Gasteiger partial charge in [-0.05, 0) is 75.2 Å². The molecule has 0 amide bonds. The summed E-state index contributed by atoms with van der Waals surface area (Å²) in [6.45, 7) is 18.6. The lowest BCUT2D eigenvalue weighted by Gasteiger charge is -2.40. The minimum absolute atomic E-state index is 0.368. The summed E-state index contributed by atoms with van der Waals surface area (Å²) in [6.07, 6.45) is 4.24. The van der Waals surface area contributed by atoms with Crippen molar-refractivity contribution in [1.82, 2.24) is 4.90 Å². The smallest absolute Gasteiger partial charge is 0.0645 e. The van der Waals surface area contributed by atoms with Crippen molar-refractivity contribution in [3.63, 3.8) is 0 Å². The van der Waals surface area contributed by atoms with Gasteiger partial charge in [0, 0.05) is 18.6 Å². The van der Waals surface area contributed by atoms with Crippen molar-refractivity contribution in [2.75, 3.05) is 13.2 Å². The first kappa shape index (κ1) is 20.9. The van der Waals surface area contributed by atoms with Gasteiger partial charge in [-0.2, -0.15) is 0 Å². The second-order valence-electron chi connectivity index (χ2n) is 10.3. The molecule has 2 fully saturated rings. The molecular formula is C25H41NO. The Morgan fingerprint density at radius 2 is 1.67 bits per heavy atom. The van der Waals surface area contributed by atoms with Crippen molar-refractivity contribution in [3.05, 3.63) is 35.9 Å². The molecule has 4 unspecified atom stereocenters. The molecule has 0 radical (unpaired) electrons. The summed E-state index contributed by atoms with van der Waals surface area (Å²) in [5.41, 5.74) is 2.22. The first-order chi connectivity index (χ1) is 12.7. The van der Waals surface area contributed by atoms with Crippen LogP contribution >= 0.6 is 0 Å². The average molecular weight is 372 g/mol. The maximum Gasteiger partial charge on any atom is 0.0645 e. The van der Waals surface area contributed by atoms with Crippen molar-refractivity contribution in [1.29, 1.82) is 0 Å². The van der Waals surface area contributed by atoms with E-state index in [4.69, 9.17) is 4.74 Å². The molecular weight excluding hydrogens is 330 g/mol. The van der Waals surface area contributed by atoms with E-state index in [0.717, 1.165) is 19.6 Å². The molecule has 0 aliphatic heterocycles. The third-order valence-corrected chi connectivity index (χ3v) is 8.27. The molecule has 0 spiro atoms. The third-order valence-electron chi connectivity index (χ3n) is 8.27. The molecule has 4 atom stereocenters. The highest BCUT2D eigenvalue weighted by molar-refractivity contribution is 5.21. The molecule has 1 aromatic carbocycles. The Bertz CT molecular complexity index is 600. The summed E-state index contributed by atoms with van der Waals surface area (Å²) < 4.78 is 6.71. The van der Waals surface area contributed by atoms with E-state index >= 15 is 0 Å². The molecule has 2 heteroatoms. The molecule has 2 nitrogen and oxygen atoms in total. The molecule has 27 heavy (non-hydrogen) atoms. The van der Waals surface area contributed by atoms with E-state index in [2.05, 4.69) is 83.7 Å². The van der Waals surface area contributed by atoms with Gasteiger partial charge in [-0.1, -0.05) is 51.1 Å². The molecule has 2 aliphatic carbocycles. The number of rotatable bonds is 8. The SMILES string of the molecule is CC(C)N(CCOC1C2CCC(C)(C1Cc1ccccc1)C2(C)C)C(C)C. The molecule has 1 aromatic rings. The average Bonchev–Trinajstić information content (AvgIpc) is 2.92. The van der Waals surface area contributed by atoms with Crippen LogP contribution in [0.25, 0.3) is 0 Å². The van der Waals surface area contributed by atoms with Gasteiger partial charge >= 0.3 is 0 Å². The normalized spacial score (nSPS) is 32.1. The molecule has 3 rings (SSSR count). The Kier molecular flexibility index (Phi) is 6.08. The minimum atomic E-state index is 0.368. The van der Waals surface area contributed by atoms with Crippen LogP contribution in [-0.4, -0.2) is 36.2 Å². The lowest BCUT2D eigenvalue weighted by atomic mass is 9.65. The Labute approximate surface area is 167 Å². The van der Waals surface area contributed by atoms with Gasteiger partial charge in [-0.3, -0.25) is 4.90 Å². The third kappa shape index (κ3) is 3.72. The van der Waals surface area contributed by atoms with E-state index < -0.39 is 0 Å². The zero-order chi connectivity index (χ0) is 19.8. The van der Waals surface area contributed by atoms with Crippen LogP contribution in [0, 0.1) is 22.7 Å². The monoisotopic (exact) mass is 371 g/mol. The fourth-order valence-electron chi connectivity index (χ4n) is 6.29. The first-order valence-electron chi connectivity index (χ1n) is 11.1. The van der Waals surface area contributed by atoms with Gasteiger partial charge in [0.25, 0.3) is 0 Å². The number of nitrogens with zero attached hydrogens (tertiary/aromatic N) is 1. The predicted molar refractivity (Wildman–Crippen MR) is 115 cm³/mol. The molecule has 2 saturated carbocycles. The number of ether oxygens (including phenoxy) is 1. The molecule has 2 bridgehead atoms. The van der Waals surface area contributed by atoms with Crippen molar-refractivity contribution < 1.29 is 4.74 Å². The van der Waals surface area contributed by atoms with Gasteiger partial charge in [0.1, 0.15) is 0 Å². The summed E-state index contributed by atoms with van der Waals surface area (Å²) in [7, 11) is 0. The van der Waals surface area contributed by atoms with Gasteiger partial charge < -0.3 is 4.74 Å². The van der Waals surface area contributed by atoms with Gasteiger partial charge in [0.15, 0.2) is 0 Å². The van der Waals surface area contributed by atoms with Crippen molar-refractivity contribution in [2.45, 2.75) is 85.9 Å². The van der Waals surface area contributed by atoms with E-state index in [1.807, 2.05) is 0 Å². The van der Waals surface area contributed by atoms with Gasteiger partial charge in [-0.25, -0.2) is 0 Å². The van der Waals surface area contributed by atoms with Crippen LogP contribution in [0.3, 0.4) is 0 Å². The maximum atomic E-state index is 6.71. The van der Waals surface area contributed by atoms with Crippen LogP contribution in [0.15, 0.2) is 30.3 Å². The number of hydrogen-bond acceptors (Lipinski definition) is 2. The lowest BCUT2D eigenvalue weighted by Crippen LogP contribution is -2.42. The van der Waals surface area contributed by atoms with Crippen LogP contribution in [0.1, 0.15) is 66.9 Å². The molecule has 0 N–H and O–H groups in total. The highest BCUT2D eigenvalue weighted by Crippen LogP contribution is 2.69. The molecule has 0 aromatic heterocycles. The molecule has 152 valence electrons. The number of benzene rings is 1. The summed E-state index contributed by atoms with van der Waals surface area (Å²) in [5, 5.41) is 0. The number of hydrogen-bond donors (Lipinski definition) is 0. The van der Waals surface area contributed by atoms with Crippen LogP contribution < -0.4 is 0 Å². The summed E-state index contributed by atoms with van der Waals surface area (Å²) in [5.74, 6) is 1.32. The van der Waals surface area contributed by atoms with Crippen LogP contribution in [-0.2, 0) is 11.2 Å². The van der Waals surface area contributed by atoms with Crippen molar-refractivity contribution in [2.24, 2.45) is 22.7 Å². The summed E-state index contributed by atoms with van der Waals surface area (Å²) in [6, 6.07) is 12.2. The number of fused-ring (bicyclic) bond motifs is 2. The second kappa shape index (κ2) is 7.87. The zero-order valence-electron chi connectivity index (χ0n) is 18.7. The fourth-order valence-corrected chi connectivity index (χ4v) is 6.29. The van der Waals surface area contributed by atoms with Crippen LogP contribution in [0.5, 0.6) is 0 Å². The molecule has 0 heterocycles. The summed E-state index contributed by atoms with van der Waals surface area (Å²) in [4.78, 5) is 2.55. The van der Waals surface area contributed by atoms with Crippen molar-refractivity contribution >= 4 is 0 Å². The van der Waals surface area contributed by atoms with Gasteiger partial charge in [0.2, 0.25) is 0 Å². The quantitative estimate of drug-likeness (QED) is 0.572. The van der Waals surface area contributed by atoms with E-state index in [-0.39, 0.29) is 0 Å². The molecule has 0 saturated heterocycles. The van der Waals surface area contributed by atoms with Crippen LogP contribution in [0.2, 0.25) is 0 Å². The van der Waals surface area contributed by atoms with E-state index in [1.54, 1.807) is 0 Å². The molecule has 2 aliphatic rings. The fraction of sp³-hybridized carbons (Fsp3) is 0.760. The Morgan fingerprint density at radius 3 is 2.26 bits per heavy atom. The Hall–Kier alpha value is -0.860. The summed E-state index contributed by atoms with van der Waals surface area (Å²) >= 11 is 0. The predicted octanol–water partition coefficient (Wildman–Crippen LogP) is 5.81. The Morgan fingerprint density at radius 1 is 1.04 bits per heavy atom. The van der Waals surface area contributed by atoms with Crippen LogP contribution in [0.4, 0.5) is 0 Å². The van der Waals surface area contributed by atoms with E-state index in [9.17, 15) is 0 Å². The van der Waals surface area contributed by atoms with Gasteiger partial charge in [-0.15, -0.1) is 0 Å². The second-order valence-corrected chi connectivity index (χ2v) is 10.3. The van der Waals surface area contributed by atoms with E-state index in [0.29, 0.717) is 40.9 Å². The highest BCUT2D eigenvalue weighted by Gasteiger charge is 2.66.